The van der Waals surface area contributed by atoms with Crippen molar-refractivity contribution in [1.82, 2.24) is 0 Å². The minimum Gasteiger partial charge on any atom is -0.454 e. The van der Waals surface area contributed by atoms with Crippen LogP contribution in [0.25, 0.3) is 0 Å². The molecular formula is C14H10F3NO3S. The molecule has 0 saturated heterocycles. The number of alkyl halides is 3. The number of nitrogen functional groups attached to an aromatic ring is 1. The third kappa shape index (κ3) is 3.64. The number of carbonyl (C=O) groups excluding carboxylic acids is 2. The maximum Gasteiger partial charge on any atom is 0.416 e. The zero-order valence-electron chi connectivity index (χ0n) is 11.0. The molecular weight excluding hydrogens is 319 g/mol. The summed E-state index contributed by atoms with van der Waals surface area (Å²) in [7, 11) is 0. The summed E-state index contributed by atoms with van der Waals surface area (Å²) in [6.07, 6.45) is -4.55. The number of hydrogen-bond acceptors (Lipinski definition) is 5. The summed E-state index contributed by atoms with van der Waals surface area (Å²) in [4.78, 5) is 23.9. The highest BCUT2D eigenvalue weighted by Gasteiger charge is 2.31. The predicted molar refractivity (Wildman–Crippen MR) is 74.8 cm³/mol. The lowest BCUT2D eigenvalue weighted by Gasteiger charge is -2.10. The van der Waals surface area contributed by atoms with Crippen molar-refractivity contribution in [3.8, 4) is 0 Å². The first-order valence-electron chi connectivity index (χ1n) is 5.99. The van der Waals surface area contributed by atoms with Crippen molar-refractivity contribution >= 4 is 28.8 Å². The lowest BCUT2D eigenvalue weighted by molar-refractivity contribution is -0.137. The number of nitrogens with two attached hydrogens (primary N) is 1. The predicted octanol–water partition coefficient (Wildman–Crippen LogP) is 3.39. The number of anilines is 1. The van der Waals surface area contributed by atoms with Crippen LogP contribution in [0.5, 0.6) is 0 Å². The molecule has 2 aromatic rings. The van der Waals surface area contributed by atoms with Crippen molar-refractivity contribution < 1.29 is 27.5 Å². The van der Waals surface area contributed by atoms with Crippen LogP contribution in [0.3, 0.4) is 0 Å². The Balaban J connectivity index is 2.05. The highest BCUT2D eigenvalue weighted by molar-refractivity contribution is 7.12. The molecule has 0 radical (unpaired) electrons. The molecule has 2 N–H and O–H groups in total. The van der Waals surface area contributed by atoms with Gasteiger partial charge in [-0.3, -0.25) is 4.79 Å². The van der Waals surface area contributed by atoms with Crippen LogP contribution < -0.4 is 5.73 Å². The number of halogens is 3. The number of carbonyl (C=O) groups is 2. The van der Waals surface area contributed by atoms with Crippen LogP contribution in [-0.4, -0.2) is 18.4 Å². The zero-order chi connectivity index (χ0) is 16.3. The van der Waals surface area contributed by atoms with Crippen LogP contribution in [0.15, 0.2) is 35.7 Å². The minimum atomic E-state index is -4.55. The topological polar surface area (TPSA) is 69.4 Å². The monoisotopic (exact) mass is 329 g/mol. The van der Waals surface area contributed by atoms with Crippen molar-refractivity contribution in [3.63, 3.8) is 0 Å². The van der Waals surface area contributed by atoms with Gasteiger partial charge >= 0.3 is 12.1 Å². The molecule has 8 heteroatoms. The highest BCUT2D eigenvalue weighted by Crippen LogP contribution is 2.31. The van der Waals surface area contributed by atoms with E-state index in [0.29, 0.717) is 10.9 Å². The second kappa shape index (κ2) is 6.18. The number of esters is 1. The van der Waals surface area contributed by atoms with Gasteiger partial charge in [0.25, 0.3) is 0 Å². The molecule has 0 spiro atoms. The van der Waals surface area contributed by atoms with E-state index in [2.05, 4.69) is 0 Å². The molecule has 0 aliphatic carbocycles. The molecule has 116 valence electrons. The van der Waals surface area contributed by atoms with Crippen LogP contribution in [0.4, 0.5) is 18.9 Å². The van der Waals surface area contributed by atoms with Gasteiger partial charge in [0.1, 0.15) is 0 Å². The van der Waals surface area contributed by atoms with Gasteiger partial charge in [0, 0.05) is 5.69 Å². The lowest BCUT2D eigenvalue weighted by atomic mass is 10.1. The molecule has 0 fully saturated rings. The number of ether oxygens (including phenoxy) is 1. The van der Waals surface area contributed by atoms with E-state index in [-0.39, 0.29) is 11.3 Å². The first-order chi connectivity index (χ1) is 10.3. The number of thiophene rings is 1. The fraction of sp³-hybridized carbons (Fsp3) is 0.143. The van der Waals surface area contributed by atoms with Crippen LogP contribution in [0, 0.1) is 0 Å². The number of rotatable bonds is 4. The summed E-state index contributed by atoms with van der Waals surface area (Å²) < 4.78 is 42.3. The SMILES string of the molecule is Nc1cc(C(F)(F)F)ccc1C(=O)OCC(=O)c1cccs1. The van der Waals surface area contributed by atoms with Crippen molar-refractivity contribution in [2.24, 2.45) is 0 Å². The first-order valence-corrected chi connectivity index (χ1v) is 6.87. The van der Waals surface area contributed by atoms with E-state index in [1.165, 1.54) is 11.3 Å². The summed E-state index contributed by atoms with van der Waals surface area (Å²) in [6.45, 7) is -0.500. The maximum absolute atomic E-state index is 12.5. The van der Waals surface area contributed by atoms with Crippen LogP contribution in [0.1, 0.15) is 25.6 Å². The molecule has 22 heavy (non-hydrogen) atoms. The van der Waals surface area contributed by atoms with Gasteiger partial charge in [-0.15, -0.1) is 11.3 Å². The Morgan fingerprint density at radius 1 is 1.23 bits per heavy atom. The molecule has 2 rings (SSSR count). The summed E-state index contributed by atoms with van der Waals surface area (Å²) in [5, 5.41) is 1.70. The molecule has 0 aliphatic heterocycles. The largest absolute Gasteiger partial charge is 0.454 e. The number of Topliss-reactive ketones (excluding diaryl/α,β-unsaturated/α-hetero) is 1. The Morgan fingerprint density at radius 2 is 1.95 bits per heavy atom. The average molecular weight is 329 g/mol. The minimum absolute atomic E-state index is 0.216. The fourth-order valence-electron chi connectivity index (χ4n) is 1.64. The van der Waals surface area contributed by atoms with Crippen LogP contribution in [-0.2, 0) is 10.9 Å². The molecule has 0 atom stereocenters. The molecule has 0 amide bonds. The number of benzene rings is 1. The van der Waals surface area contributed by atoms with Gasteiger partial charge < -0.3 is 10.5 Å². The van der Waals surface area contributed by atoms with Crippen molar-refractivity contribution in [2.45, 2.75) is 6.18 Å². The molecule has 1 aromatic heterocycles. The Bertz CT molecular complexity index is 696. The molecule has 0 saturated carbocycles. The van der Waals surface area contributed by atoms with Gasteiger partial charge in [-0.2, -0.15) is 13.2 Å². The van der Waals surface area contributed by atoms with Gasteiger partial charge in [-0.25, -0.2) is 4.79 Å². The van der Waals surface area contributed by atoms with E-state index in [1.54, 1.807) is 17.5 Å². The number of hydrogen-bond donors (Lipinski definition) is 1. The molecule has 4 nitrogen and oxygen atoms in total. The van der Waals surface area contributed by atoms with Gasteiger partial charge in [-0.05, 0) is 29.6 Å². The molecule has 0 unspecified atom stereocenters. The van der Waals surface area contributed by atoms with Gasteiger partial charge in [-0.1, -0.05) is 6.07 Å². The third-order valence-corrected chi connectivity index (χ3v) is 3.64. The molecule has 1 aromatic carbocycles. The Morgan fingerprint density at radius 3 is 2.50 bits per heavy atom. The summed E-state index contributed by atoms with van der Waals surface area (Å²) in [5.74, 6) is -1.34. The van der Waals surface area contributed by atoms with E-state index in [1.807, 2.05) is 0 Å². The third-order valence-electron chi connectivity index (χ3n) is 2.73. The second-order valence-corrected chi connectivity index (χ2v) is 5.22. The quantitative estimate of drug-likeness (QED) is 0.530. The van der Waals surface area contributed by atoms with Crippen molar-refractivity contribution in [3.05, 3.63) is 51.7 Å². The van der Waals surface area contributed by atoms with E-state index in [4.69, 9.17) is 10.5 Å². The van der Waals surface area contributed by atoms with Crippen LogP contribution in [0.2, 0.25) is 0 Å². The standard InChI is InChI=1S/C14H10F3NO3S/c15-14(16,17)8-3-4-9(10(18)6-8)13(20)21-7-11(19)12-2-1-5-22-12/h1-6H,7,18H2. The lowest BCUT2D eigenvalue weighted by Crippen LogP contribution is -2.15. The summed E-state index contributed by atoms with van der Waals surface area (Å²) in [6, 6.07) is 5.56. The smallest absolute Gasteiger partial charge is 0.416 e. The fourth-order valence-corrected chi connectivity index (χ4v) is 2.29. The van der Waals surface area contributed by atoms with E-state index in [0.717, 1.165) is 12.1 Å². The molecule has 0 bridgehead atoms. The second-order valence-electron chi connectivity index (χ2n) is 4.28. The first kappa shape index (κ1) is 16.0. The highest BCUT2D eigenvalue weighted by atomic mass is 32.1. The Labute approximate surface area is 127 Å². The molecule has 1 heterocycles. The van der Waals surface area contributed by atoms with Gasteiger partial charge in [0.2, 0.25) is 5.78 Å². The van der Waals surface area contributed by atoms with Crippen molar-refractivity contribution in [2.75, 3.05) is 12.3 Å². The van der Waals surface area contributed by atoms with E-state index < -0.39 is 30.1 Å². The Kier molecular flexibility index (Phi) is 4.51. The normalized spacial score (nSPS) is 11.2. The summed E-state index contributed by atoms with van der Waals surface area (Å²) >= 11 is 1.20. The maximum atomic E-state index is 12.5. The Hall–Kier alpha value is -2.35. The average Bonchev–Trinajstić information content (AvgIpc) is 2.97. The van der Waals surface area contributed by atoms with E-state index >= 15 is 0 Å². The van der Waals surface area contributed by atoms with Gasteiger partial charge in [0.05, 0.1) is 16.0 Å². The number of ketones is 1. The summed E-state index contributed by atoms with van der Waals surface area (Å²) in [5.41, 5.74) is 3.90. The van der Waals surface area contributed by atoms with Crippen molar-refractivity contribution in [1.29, 1.82) is 0 Å². The van der Waals surface area contributed by atoms with E-state index in [9.17, 15) is 22.8 Å². The zero-order valence-corrected chi connectivity index (χ0v) is 11.8. The van der Waals surface area contributed by atoms with Crippen LogP contribution >= 0.6 is 11.3 Å². The molecule has 0 aliphatic rings. The van der Waals surface area contributed by atoms with Gasteiger partial charge in [0.15, 0.2) is 6.61 Å².